The molecule has 0 aliphatic carbocycles. The van der Waals surface area contributed by atoms with Crippen molar-refractivity contribution in [3.05, 3.63) is 0 Å². The maximum Gasteiger partial charge on any atom is 0.295 e. The Morgan fingerprint density at radius 1 is 0.533 bits per heavy atom. The Morgan fingerprint density at radius 2 is 0.733 bits per heavy atom. The Kier molecular flexibility index (Phi) is 8.38. The van der Waals surface area contributed by atoms with E-state index in [2.05, 4.69) is 0 Å². The van der Waals surface area contributed by atoms with E-state index in [0.717, 1.165) is 0 Å². The van der Waals surface area contributed by atoms with Crippen LogP contribution in [0.4, 0.5) is 0 Å². The number of hydrogen-bond acceptors (Lipinski definition) is 0. The molecule has 0 N–H and O–H groups in total. The molecule has 92 valence electrons. The van der Waals surface area contributed by atoms with Crippen molar-refractivity contribution < 1.29 is 0 Å². The van der Waals surface area contributed by atoms with Crippen LogP contribution in [0, 0.1) is 0 Å². The molecule has 0 heterocycles. The molecule has 0 nitrogen and oxygen atoms in total. The summed E-state index contributed by atoms with van der Waals surface area (Å²) < 4.78 is 0. The Labute approximate surface area is 140 Å². The summed E-state index contributed by atoms with van der Waals surface area (Å²) in [5.74, 6) is 0. The third kappa shape index (κ3) is 3.98. The first-order chi connectivity index (χ1) is 6.39. The van der Waals surface area contributed by atoms with Gasteiger partial charge in [-0.15, -0.1) is 66.5 Å². The van der Waals surface area contributed by atoms with Crippen molar-refractivity contribution >= 4 is 142 Å². The molecule has 0 aliphatic rings. The molecule has 0 fully saturated rings. The van der Waals surface area contributed by atoms with E-state index in [-0.39, 0.29) is 0 Å². The Bertz CT molecular complexity index is 196. The summed E-state index contributed by atoms with van der Waals surface area (Å²) in [4.78, 5) is 0. The van der Waals surface area contributed by atoms with Crippen molar-refractivity contribution in [1.82, 2.24) is 0 Å². The molecule has 0 radical (unpaired) electrons. The van der Waals surface area contributed by atoms with Gasteiger partial charge >= 0.3 is 0 Å². The van der Waals surface area contributed by atoms with Crippen molar-refractivity contribution in [3.63, 3.8) is 0 Å². The van der Waals surface area contributed by atoms with Crippen LogP contribution in [0.1, 0.15) is 0 Å². The first-order valence-electron chi connectivity index (χ1n) is 3.08. The van der Waals surface area contributed by atoms with Crippen molar-refractivity contribution in [2.24, 2.45) is 0 Å². The second-order valence-corrected chi connectivity index (χ2v) is 65.4. The highest BCUT2D eigenvalue weighted by molar-refractivity contribution is 8.31. The summed E-state index contributed by atoms with van der Waals surface area (Å²) in [6.45, 7) is -4.93. The summed E-state index contributed by atoms with van der Waals surface area (Å²) in [5.41, 5.74) is -9.92. The van der Waals surface area contributed by atoms with Gasteiger partial charge in [0.25, 0.3) is 31.1 Å². The predicted molar refractivity (Wildman–Crippen MR) is 90.1 cm³/mol. The highest BCUT2D eigenvalue weighted by Crippen LogP contribution is 2.48. The zero-order valence-electron chi connectivity index (χ0n) is 6.43. The lowest BCUT2D eigenvalue weighted by atomic mass is 26.1. The van der Waals surface area contributed by atoms with Crippen LogP contribution in [0.25, 0.3) is 0 Å². The molecule has 0 spiro atoms. The summed E-state index contributed by atoms with van der Waals surface area (Å²) in [5, 5.41) is 0. The fraction of sp³-hybridized carbons (Fsp3) is 0. The van der Waals surface area contributed by atoms with Gasteiger partial charge in [0, 0.05) is 0 Å². The minimum atomic E-state index is -3.41. The fourth-order valence-electron chi connectivity index (χ4n) is 0.496. The molecule has 0 atom stereocenters. The molecular formula is H2Cl10Si5. The second-order valence-electron chi connectivity index (χ2n) is 2.42. The lowest BCUT2D eigenvalue weighted by Crippen LogP contribution is -2.70. The lowest BCUT2D eigenvalue weighted by molar-refractivity contribution is 3.25. The molecule has 0 saturated heterocycles. The highest BCUT2D eigenvalue weighted by Gasteiger charge is 2.72. The Morgan fingerprint density at radius 3 is 0.867 bits per heavy atom. The fourth-order valence-corrected chi connectivity index (χ4v) is 121. The van der Waals surface area contributed by atoms with Crippen LogP contribution in [-0.2, 0) is 0 Å². The van der Waals surface area contributed by atoms with Gasteiger partial charge in [-0.25, -0.2) is 0 Å². The standard InChI is InChI=1S/Cl10H2Si5/c1-11(2)13(5,6)15(9,10)14(7,8)12(3)4/h11-12H. The first kappa shape index (κ1) is 19.0. The average Bonchev–Trinajstić information content (AvgIpc) is 2.02. The van der Waals surface area contributed by atoms with Gasteiger partial charge in [0.2, 0.25) is 0 Å². The topological polar surface area (TPSA) is 0 Å². The number of rotatable bonds is 4. The molecule has 0 aromatic carbocycles. The third-order valence-electron chi connectivity index (χ3n) is 1.39. The molecule has 15 heteroatoms. The van der Waals surface area contributed by atoms with Gasteiger partial charge in [0.15, 0.2) is 0 Å². The minimum Gasteiger partial charge on any atom is -0.151 e. The van der Waals surface area contributed by atoms with E-state index in [4.69, 9.17) is 111 Å². The van der Waals surface area contributed by atoms with Crippen LogP contribution < -0.4 is 0 Å². The SMILES string of the molecule is Cl[SiH](Cl)[Si](Cl)(Cl)[Si](Cl)(Cl)[Si](Cl)(Cl)[SiH](Cl)Cl. The van der Waals surface area contributed by atoms with Crippen LogP contribution in [0.2, 0.25) is 0 Å². The van der Waals surface area contributed by atoms with Gasteiger partial charge in [-0.2, -0.15) is 44.3 Å². The van der Waals surface area contributed by atoms with E-state index in [9.17, 15) is 0 Å². The van der Waals surface area contributed by atoms with Crippen LogP contribution in [0.15, 0.2) is 0 Å². The number of halogens is 10. The maximum atomic E-state index is 6.14. The van der Waals surface area contributed by atoms with Gasteiger partial charge < -0.3 is 0 Å². The highest BCUT2D eigenvalue weighted by atomic mass is 35.8. The van der Waals surface area contributed by atoms with Crippen molar-refractivity contribution in [2.75, 3.05) is 0 Å². The van der Waals surface area contributed by atoms with Crippen LogP contribution in [0.5, 0.6) is 0 Å². The van der Waals surface area contributed by atoms with E-state index in [1.165, 1.54) is 0 Å². The molecule has 0 amide bonds. The van der Waals surface area contributed by atoms with Crippen molar-refractivity contribution in [2.45, 2.75) is 0 Å². The van der Waals surface area contributed by atoms with Gasteiger partial charge in [0.05, 0.1) is 0 Å². The predicted octanol–water partition coefficient (Wildman–Crippen LogP) is 4.46. The maximum absolute atomic E-state index is 6.14. The quantitative estimate of drug-likeness (QED) is 0.398. The first-order valence-corrected chi connectivity index (χ1v) is 27.8. The molecule has 0 aromatic heterocycles. The largest absolute Gasteiger partial charge is 0.295 e. The number of hydrogen-bond donors (Lipinski definition) is 0. The van der Waals surface area contributed by atoms with E-state index in [1.807, 2.05) is 0 Å². The Hall–Kier alpha value is 3.98. The summed E-state index contributed by atoms with van der Waals surface area (Å²) >= 11 is 59.6. The normalized spacial score (nSPS) is 15.2. The van der Waals surface area contributed by atoms with Gasteiger partial charge in [0.1, 0.15) is 0 Å². The van der Waals surface area contributed by atoms with Crippen LogP contribution in [-0.4, -0.2) is 31.1 Å². The van der Waals surface area contributed by atoms with E-state index >= 15 is 0 Å². The van der Waals surface area contributed by atoms with E-state index < -0.39 is 31.1 Å². The molecule has 0 aliphatic heterocycles. The van der Waals surface area contributed by atoms with Crippen LogP contribution in [0.3, 0.4) is 0 Å². The molecule has 0 bridgehead atoms. The van der Waals surface area contributed by atoms with Crippen molar-refractivity contribution in [3.8, 4) is 0 Å². The minimum absolute atomic E-state index is 2.46. The van der Waals surface area contributed by atoms with Gasteiger partial charge in [-0.3, -0.25) is 0 Å². The average molecular weight is 497 g/mol. The zero-order valence-corrected chi connectivity index (χ0v) is 19.3. The third-order valence-corrected chi connectivity index (χ3v) is 112. The molecular weight excluding hydrogens is 495 g/mol. The molecule has 0 rings (SSSR count). The smallest absolute Gasteiger partial charge is 0.151 e. The molecule has 15 heavy (non-hydrogen) atoms. The monoisotopic (exact) mass is 492 g/mol. The van der Waals surface area contributed by atoms with Gasteiger partial charge in [-0.1, -0.05) is 0 Å². The summed E-state index contributed by atoms with van der Waals surface area (Å²) in [6.07, 6.45) is 0. The molecule has 0 unspecified atom stereocenters. The lowest BCUT2D eigenvalue weighted by Gasteiger charge is -2.35. The summed E-state index contributed by atoms with van der Waals surface area (Å²) in [7, 11) is 0. The Balaban J connectivity index is 5.30. The van der Waals surface area contributed by atoms with Crippen molar-refractivity contribution in [1.29, 1.82) is 0 Å². The van der Waals surface area contributed by atoms with Crippen LogP contribution >= 0.6 is 111 Å². The van der Waals surface area contributed by atoms with Gasteiger partial charge in [-0.05, 0) is 0 Å². The molecule has 0 aromatic rings. The second kappa shape index (κ2) is 6.62. The zero-order chi connectivity index (χ0) is 12.7. The van der Waals surface area contributed by atoms with E-state index in [0.29, 0.717) is 0 Å². The molecule has 0 saturated carbocycles. The summed E-state index contributed by atoms with van der Waals surface area (Å²) in [6, 6.07) is 0. The van der Waals surface area contributed by atoms with E-state index in [1.54, 1.807) is 0 Å².